The lowest BCUT2D eigenvalue weighted by Gasteiger charge is -2.32. The number of methoxy groups -OCH3 is 1. The maximum atomic E-state index is 13.0. The summed E-state index contributed by atoms with van der Waals surface area (Å²) in [4.78, 5) is 39.5. The summed E-state index contributed by atoms with van der Waals surface area (Å²) in [5.41, 5.74) is 1.21. The average Bonchev–Trinajstić information content (AvgIpc) is 3.20. The molecule has 9 heteroatoms. The highest BCUT2D eigenvalue weighted by Gasteiger charge is 2.39. The van der Waals surface area contributed by atoms with Crippen LogP contribution in [0.2, 0.25) is 0 Å². The van der Waals surface area contributed by atoms with E-state index in [9.17, 15) is 9.59 Å². The molecule has 0 aromatic carbocycles. The third-order valence-corrected chi connectivity index (χ3v) is 5.10. The highest BCUT2D eigenvalue weighted by atomic mass is 16.5. The van der Waals surface area contributed by atoms with Gasteiger partial charge in [0.1, 0.15) is 12.1 Å². The Bertz CT molecular complexity index is 846. The summed E-state index contributed by atoms with van der Waals surface area (Å²) in [7, 11) is 1.28. The predicted molar refractivity (Wildman–Crippen MR) is 111 cm³/mol. The number of likely N-dealkylation sites (tertiary alicyclic amines) is 1. The highest BCUT2D eigenvalue weighted by Crippen LogP contribution is 2.24. The van der Waals surface area contributed by atoms with Crippen molar-refractivity contribution in [1.82, 2.24) is 20.2 Å². The van der Waals surface area contributed by atoms with E-state index < -0.39 is 17.6 Å². The maximum absolute atomic E-state index is 13.0. The zero-order chi connectivity index (χ0) is 21.7. The second kappa shape index (κ2) is 9.23. The van der Waals surface area contributed by atoms with Gasteiger partial charge in [0.15, 0.2) is 0 Å². The number of hydrogen-bond donors (Lipinski definition) is 1. The van der Waals surface area contributed by atoms with Crippen molar-refractivity contribution < 1.29 is 19.1 Å². The van der Waals surface area contributed by atoms with Crippen LogP contribution in [-0.2, 0) is 9.53 Å². The third-order valence-electron chi connectivity index (χ3n) is 5.10. The molecule has 1 N–H and O–H groups in total. The Morgan fingerprint density at radius 3 is 2.80 bits per heavy atom. The van der Waals surface area contributed by atoms with E-state index in [-0.39, 0.29) is 18.0 Å². The predicted octanol–water partition coefficient (Wildman–Crippen LogP) is 2.32. The van der Waals surface area contributed by atoms with E-state index in [4.69, 9.17) is 4.74 Å². The Morgan fingerprint density at radius 2 is 2.13 bits per heavy atom. The lowest BCUT2D eigenvalue weighted by Crippen LogP contribution is -2.54. The van der Waals surface area contributed by atoms with Gasteiger partial charge >= 0.3 is 12.1 Å². The molecule has 2 amide bonds. The van der Waals surface area contributed by atoms with Crippen molar-refractivity contribution in [2.75, 3.05) is 20.2 Å². The van der Waals surface area contributed by atoms with Gasteiger partial charge in [-0.3, -0.25) is 9.79 Å². The van der Waals surface area contributed by atoms with E-state index >= 15 is 0 Å². The van der Waals surface area contributed by atoms with E-state index in [1.54, 1.807) is 17.3 Å². The van der Waals surface area contributed by atoms with Crippen LogP contribution in [0.4, 0.5) is 4.79 Å². The number of allylic oxidation sites excluding steroid dienone is 1. The number of nitrogens with one attached hydrogen (secondary N) is 1. The van der Waals surface area contributed by atoms with Crippen molar-refractivity contribution in [2.24, 2.45) is 10.4 Å². The van der Waals surface area contributed by atoms with Crippen LogP contribution in [0, 0.1) is 5.41 Å². The molecule has 2 aliphatic heterocycles. The lowest BCUT2D eigenvalue weighted by molar-refractivity contribution is -0.135. The second-order valence-electron chi connectivity index (χ2n) is 8.47. The molecule has 9 nitrogen and oxygen atoms in total. The van der Waals surface area contributed by atoms with Gasteiger partial charge in [0.05, 0.1) is 25.1 Å². The minimum atomic E-state index is -0.694. The van der Waals surface area contributed by atoms with Gasteiger partial charge in [-0.2, -0.15) is 4.98 Å². The number of ether oxygens (including phenoxy) is 2. The molecule has 2 atom stereocenters. The van der Waals surface area contributed by atoms with Gasteiger partial charge in [-0.05, 0) is 24.3 Å². The Hall–Kier alpha value is -2.97. The highest BCUT2D eigenvalue weighted by molar-refractivity contribution is 5.99. The maximum Gasteiger partial charge on any atom is 0.407 e. The fraction of sp³-hybridized carbons (Fsp3) is 0.571. The molecule has 1 saturated heterocycles. The summed E-state index contributed by atoms with van der Waals surface area (Å²) in [6, 6.07) is 1.41. The van der Waals surface area contributed by atoms with Gasteiger partial charge in [-0.25, -0.2) is 9.78 Å². The topological polar surface area (TPSA) is 106 Å². The normalized spacial score (nSPS) is 19.8. The molecular weight excluding hydrogens is 386 g/mol. The molecule has 1 fully saturated rings. The summed E-state index contributed by atoms with van der Waals surface area (Å²) >= 11 is 0. The van der Waals surface area contributed by atoms with Crippen LogP contribution < -0.4 is 10.1 Å². The smallest absolute Gasteiger partial charge is 0.407 e. The number of amides is 2. The molecule has 0 unspecified atom stereocenters. The van der Waals surface area contributed by atoms with Gasteiger partial charge in [0.2, 0.25) is 5.91 Å². The van der Waals surface area contributed by atoms with Crippen LogP contribution in [0.1, 0.15) is 45.7 Å². The summed E-state index contributed by atoms with van der Waals surface area (Å²) < 4.78 is 10.6. The zero-order valence-electron chi connectivity index (χ0n) is 17.9. The third kappa shape index (κ3) is 5.34. The molecule has 162 valence electrons. The molecule has 0 aliphatic carbocycles. The SMILES string of the molecule is COC(=O)N[C@H](C(=O)N1CC[C@@H](Oc2nccc(C3=NC=CCC3)n2)C1)C(C)(C)C. The van der Waals surface area contributed by atoms with Crippen molar-refractivity contribution in [2.45, 2.75) is 52.2 Å². The van der Waals surface area contributed by atoms with Crippen molar-refractivity contribution in [3.05, 3.63) is 30.2 Å². The van der Waals surface area contributed by atoms with E-state index in [1.807, 2.05) is 32.9 Å². The Kier molecular flexibility index (Phi) is 6.69. The van der Waals surface area contributed by atoms with Crippen LogP contribution in [0.3, 0.4) is 0 Å². The average molecular weight is 415 g/mol. The molecule has 3 heterocycles. The van der Waals surface area contributed by atoms with Crippen LogP contribution in [0.25, 0.3) is 0 Å². The first-order valence-corrected chi connectivity index (χ1v) is 10.1. The Morgan fingerprint density at radius 1 is 1.33 bits per heavy atom. The number of aromatic nitrogens is 2. The van der Waals surface area contributed by atoms with Gasteiger partial charge in [-0.15, -0.1) is 0 Å². The first-order valence-electron chi connectivity index (χ1n) is 10.1. The molecule has 0 radical (unpaired) electrons. The molecule has 2 aliphatic rings. The van der Waals surface area contributed by atoms with Crippen LogP contribution in [0.15, 0.2) is 29.5 Å². The number of carbonyl (C=O) groups is 2. The Labute approximate surface area is 176 Å². The number of alkyl carbamates (subject to hydrolysis) is 1. The first-order chi connectivity index (χ1) is 14.3. The fourth-order valence-corrected chi connectivity index (χ4v) is 3.44. The molecule has 1 aromatic heterocycles. The molecule has 1 aromatic rings. The molecule has 0 spiro atoms. The molecule has 30 heavy (non-hydrogen) atoms. The second-order valence-corrected chi connectivity index (χ2v) is 8.47. The van der Waals surface area contributed by atoms with E-state index in [2.05, 4.69) is 25.0 Å². The van der Waals surface area contributed by atoms with Gasteiger partial charge in [0, 0.05) is 25.4 Å². The lowest BCUT2D eigenvalue weighted by atomic mass is 9.86. The summed E-state index contributed by atoms with van der Waals surface area (Å²) in [5, 5.41) is 2.66. The van der Waals surface area contributed by atoms with Gasteiger partial charge in [-0.1, -0.05) is 26.8 Å². The summed E-state index contributed by atoms with van der Waals surface area (Å²) in [6.07, 6.45) is 7.07. The standard InChI is InChI=1S/C21H29N5O4/c1-21(2,3)17(25-20(28)29-4)18(27)26-12-9-14(13-26)30-19-23-11-8-16(24-19)15-7-5-6-10-22-15/h6,8,10-11,14,17H,5,7,9,12-13H2,1-4H3,(H,25,28)/t14-,17-/m1/s1. The van der Waals surface area contributed by atoms with E-state index in [0.29, 0.717) is 19.5 Å². The quantitative estimate of drug-likeness (QED) is 0.791. The van der Waals surface area contributed by atoms with Crippen molar-refractivity contribution in [3.63, 3.8) is 0 Å². The van der Waals surface area contributed by atoms with E-state index in [1.165, 1.54) is 7.11 Å². The molecule has 3 rings (SSSR count). The van der Waals surface area contributed by atoms with Crippen molar-refractivity contribution in [1.29, 1.82) is 0 Å². The minimum Gasteiger partial charge on any atom is -0.458 e. The largest absolute Gasteiger partial charge is 0.458 e. The number of hydrogen-bond acceptors (Lipinski definition) is 7. The number of nitrogens with zero attached hydrogens (tertiary/aromatic N) is 4. The molecule has 0 bridgehead atoms. The van der Waals surface area contributed by atoms with Crippen LogP contribution >= 0.6 is 0 Å². The molecule has 0 saturated carbocycles. The van der Waals surface area contributed by atoms with Gasteiger partial charge in [0.25, 0.3) is 0 Å². The van der Waals surface area contributed by atoms with Crippen LogP contribution in [0.5, 0.6) is 6.01 Å². The van der Waals surface area contributed by atoms with Gasteiger partial charge < -0.3 is 19.7 Å². The zero-order valence-corrected chi connectivity index (χ0v) is 17.9. The fourth-order valence-electron chi connectivity index (χ4n) is 3.44. The Balaban J connectivity index is 1.63. The summed E-state index contributed by atoms with van der Waals surface area (Å²) in [5.74, 6) is -0.156. The number of carbonyl (C=O) groups excluding carboxylic acids is 2. The van der Waals surface area contributed by atoms with Crippen molar-refractivity contribution >= 4 is 17.7 Å². The number of rotatable bonds is 5. The number of aliphatic imine (C=N–C) groups is 1. The first kappa shape index (κ1) is 21.7. The summed E-state index contributed by atoms with van der Waals surface area (Å²) in [6.45, 7) is 6.65. The monoisotopic (exact) mass is 415 g/mol. The van der Waals surface area contributed by atoms with E-state index in [0.717, 1.165) is 24.2 Å². The molecular formula is C21H29N5O4. The van der Waals surface area contributed by atoms with Crippen molar-refractivity contribution in [3.8, 4) is 6.01 Å². The van der Waals surface area contributed by atoms with Crippen LogP contribution in [-0.4, -0.2) is 64.9 Å². The minimum absolute atomic E-state index is 0.156.